The number of ether oxygens (including phenoxy) is 1. The van der Waals surface area contributed by atoms with Crippen LogP contribution in [0, 0.1) is 0 Å². The predicted octanol–water partition coefficient (Wildman–Crippen LogP) is 8.01. The van der Waals surface area contributed by atoms with Crippen molar-refractivity contribution in [3.8, 4) is 16.9 Å². The largest absolute Gasteiger partial charge is 0.496 e. The van der Waals surface area contributed by atoms with Crippen molar-refractivity contribution >= 4 is 23.3 Å². The van der Waals surface area contributed by atoms with Crippen LogP contribution < -0.4 is 4.74 Å². The molecule has 0 unspecified atom stereocenters. The highest BCUT2D eigenvalue weighted by molar-refractivity contribution is 6.00. The summed E-state index contributed by atoms with van der Waals surface area (Å²) in [4.78, 5) is 31.4. The number of aromatic nitrogens is 1. The molecule has 1 heterocycles. The van der Waals surface area contributed by atoms with Gasteiger partial charge in [-0.2, -0.15) is 0 Å². The number of nitrogens with one attached hydrogen (secondary N) is 1. The second kappa shape index (κ2) is 13.3. The zero-order valence-electron chi connectivity index (χ0n) is 23.7. The van der Waals surface area contributed by atoms with E-state index in [9.17, 15) is 9.59 Å². The molecule has 0 saturated carbocycles. The van der Waals surface area contributed by atoms with Gasteiger partial charge >= 0.3 is 0 Å². The zero-order valence-corrected chi connectivity index (χ0v) is 23.7. The fourth-order valence-electron chi connectivity index (χ4n) is 5.27. The first-order valence-corrected chi connectivity index (χ1v) is 14.1. The number of carbonyl (C=O) groups excluding carboxylic acids is 2. The number of ketones is 1. The van der Waals surface area contributed by atoms with Crippen LogP contribution in [0.4, 0.5) is 0 Å². The Morgan fingerprint density at radius 3 is 2.59 bits per heavy atom. The normalized spacial score (nSPS) is 12.5. The number of nitrogens with zero attached hydrogens (tertiary/aromatic N) is 1. The molecule has 0 radical (unpaired) electrons. The number of Topliss-reactive ketones (excluding diaryl/α,β-unsaturated/α-hetero) is 1. The fourth-order valence-corrected chi connectivity index (χ4v) is 5.27. The number of aromatic amines is 1. The van der Waals surface area contributed by atoms with Crippen LogP contribution in [0.1, 0.15) is 82.1 Å². The maximum Gasteiger partial charge on any atom is 0.254 e. The van der Waals surface area contributed by atoms with E-state index in [4.69, 9.17) is 4.74 Å². The summed E-state index contributed by atoms with van der Waals surface area (Å²) in [7, 11) is 1.69. The van der Waals surface area contributed by atoms with Crippen molar-refractivity contribution in [3.05, 3.63) is 88.8 Å². The lowest BCUT2D eigenvalue weighted by molar-refractivity contribution is -0.116. The lowest BCUT2D eigenvalue weighted by Crippen LogP contribution is -2.33. The van der Waals surface area contributed by atoms with Crippen LogP contribution >= 0.6 is 0 Å². The van der Waals surface area contributed by atoms with Gasteiger partial charge < -0.3 is 14.6 Å². The van der Waals surface area contributed by atoms with Crippen LogP contribution in [0.15, 0.2) is 60.8 Å². The second-order valence-electron chi connectivity index (χ2n) is 10.3. The summed E-state index contributed by atoms with van der Waals surface area (Å²) in [6.45, 7) is 7.30. The molecule has 5 heteroatoms. The van der Waals surface area contributed by atoms with E-state index < -0.39 is 0 Å². The molecule has 1 aromatic heterocycles. The van der Waals surface area contributed by atoms with Gasteiger partial charge in [-0.3, -0.25) is 9.59 Å². The molecule has 1 aliphatic rings. The second-order valence-corrected chi connectivity index (χ2v) is 10.3. The van der Waals surface area contributed by atoms with E-state index in [2.05, 4.69) is 43.1 Å². The van der Waals surface area contributed by atoms with Gasteiger partial charge in [-0.25, -0.2) is 0 Å². The first-order chi connectivity index (χ1) is 19.0. The van der Waals surface area contributed by atoms with Crippen molar-refractivity contribution in [2.24, 2.45) is 0 Å². The summed E-state index contributed by atoms with van der Waals surface area (Å²) in [6, 6.07) is 14.0. The van der Waals surface area contributed by atoms with Gasteiger partial charge in [-0.1, -0.05) is 69.2 Å². The SMILES string of the molecule is CCCCCN(CCC)C(=O)c1cc(C2=Cc3c(-c4ccccc4OC)c[nH]c3CC=C2)ccc1CC(C)=O.[HH].[HH]. The number of hydrogen-bond acceptors (Lipinski definition) is 3. The Labute approximate surface area is 235 Å². The summed E-state index contributed by atoms with van der Waals surface area (Å²) >= 11 is 0. The van der Waals surface area contributed by atoms with Crippen molar-refractivity contribution in [2.75, 3.05) is 20.2 Å². The minimum Gasteiger partial charge on any atom is -0.496 e. The van der Waals surface area contributed by atoms with E-state index in [0.717, 1.165) is 83.5 Å². The quantitative estimate of drug-likeness (QED) is 0.242. The number of carbonyl (C=O) groups is 2. The molecule has 1 aliphatic carbocycles. The molecule has 3 aromatic rings. The molecule has 5 nitrogen and oxygen atoms in total. The van der Waals surface area contributed by atoms with Crippen molar-refractivity contribution in [1.29, 1.82) is 0 Å². The minimum atomic E-state index is 0. The van der Waals surface area contributed by atoms with Gasteiger partial charge in [0, 0.05) is 62.9 Å². The number of unbranched alkanes of at least 4 members (excludes halogenated alkanes) is 2. The average Bonchev–Trinajstić information content (AvgIpc) is 3.21. The van der Waals surface area contributed by atoms with Crippen LogP contribution in [0.5, 0.6) is 5.75 Å². The molecule has 1 N–H and O–H groups in total. The van der Waals surface area contributed by atoms with Gasteiger partial charge in [-0.05, 0) is 54.7 Å². The molecule has 0 saturated heterocycles. The van der Waals surface area contributed by atoms with Crippen molar-refractivity contribution < 1.29 is 17.2 Å². The Morgan fingerprint density at radius 2 is 1.85 bits per heavy atom. The van der Waals surface area contributed by atoms with Crippen LogP contribution in [0.25, 0.3) is 22.8 Å². The number of allylic oxidation sites excluding steroid dienone is 3. The molecule has 0 atom stereocenters. The van der Waals surface area contributed by atoms with Crippen LogP contribution in [-0.2, 0) is 17.6 Å². The Kier molecular flexibility index (Phi) is 9.59. The highest BCUT2D eigenvalue weighted by atomic mass is 16.5. The number of fused-ring (bicyclic) bond motifs is 1. The molecule has 208 valence electrons. The first kappa shape index (κ1) is 28.2. The van der Waals surface area contributed by atoms with Gasteiger partial charge in [0.1, 0.15) is 11.5 Å². The highest BCUT2D eigenvalue weighted by Gasteiger charge is 2.21. The van der Waals surface area contributed by atoms with E-state index in [1.807, 2.05) is 47.5 Å². The molecular weight excluding hydrogens is 484 g/mol. The van der Waals surface area contributed by atoms with Gasteiger partial charge in [0.15, 0.2) is 0 Å². The van der Waals surface area contributed by atoms with Gasteiger partial charge in [0.05, 0.1) is 7.11 Å². The van der Waals surface area contributed by atoms with Gasteiger partial charge in [0.25, 0.3) is 5.91 Å². The first-order valence-electron chi connectivity index (χ1n) is 14.1. The van der Waals surface area contributed by atoms with Gasteiger partial charge in [0.2, 0.25) is 0 Å². The van der Waals surface area contributed by atoms with Crippen molar-refractivity contribution in [3.63, 3.8) is 0 Å². The monoisotopic (exact) mass is 528 g/mol. The highest BCUT2D eigenvalue weighted by Crippen LogP contribution is 2.37. The predicted molar refractivity (Wildman–Crippen MR) is 164 cm³/mol. The molecule has 0 aliphatic heterocycles. The Bertz CT molecular complexity index is 1390. The van der Waals surface area contributed by atoms with Crippen LogP contribution in [-0.4, -0.2) is 41.8 Å². The Balaban J connectivity index is 0.00000294. The number of para-hydroxylation sites is 1. The number of rotatable bonds is 12. The summed E-state index contributed by atoms with van der Waals surface area (Å²) in [5, 5.41) is 0. The number of benzene rings is 2. The summed E-state index contributed by atoms with van der Waals surface area (Å²) in [6.07, 6.45) is 13.6. The summed E-state index contributed by atoms with van der Waals surface area (Å²) in [5.41, 5.74) is 7.79. The summed E-state index contributed by atoms with van der Waals surface area (Å²) < 4.78 is 5.65. The van der Waals surface area contributed by atoms with E-state index in [1.165, 1.54) is 0 Å². The third-order valence-corrected chi connectivity index (χ3v) is 7.25. The molecule has 0 fully saturated rings. The van der Waals surface area contributed by atoms with Crippen molar-refractivity contribution in [2.45, 2.75) is 59.3 Å². The van der Waals surface area contributed by atoms with Crippen molar-refractivity contribution in [1.82, 2.24) is 9.88 Å². The maximum atomic E-state index is 13.9. The Hall–Kier alpha value is -3.86. The maximum absolute atomic E-state index is 13.9. The van der Waals surface area contributed by atoms with Gasteiger partial charge in [-0.15, -0.1) is 0 Å². The minimum absolute atomic E-state index is 0. The van der Waals surface area contributed by atoms with Crippen LogP contribution in [0.3, 0.4) is 0 Å². The molecule has 39 heavy (non-hydrogen) atoms. The average molecular weight is 529 g/mol. The zero-order chi connectivity index (χ0) is 27.8. The number of hydrogen-bond donors (Lipinski definition) is 1. The lowest BCUT2D eigenvalue weighted by atomic mass is 9.94. The standard InChI is InChI=1S/C34H40N2O3.2H2/c1-5-7-10-19-36(18-6-2)34(38)29-21-26(16-17-27(29)20-24(3)37)25-12-11-14-32-30(22-25)31(23-35-32)28-13-8-9-15-33(28)39-4;;/h8-9,11-13,15-17,21-23,35H,5-7,10,14,18-20H2,1-4H3;2*1H. The number of amides is 1. The molecule has 0 bridgehead atoms. The third-order valence-electron chi connectivity index (χ3n) is 7.25. The third kappa shape index (κ3) is 6.59. The lowest BCUT2D eigenvalue weighted by Gasteiger charge is -2.24. The molecular formula is C34H44N2O3. The number of H-pyrrole nitrogens is 1. The topological polar surface area (TPSA) is 62.4 Å². The van der Waals surface area contributed by atoms with E-state index in [-0.39, 0.29) is 21.0 Å². The van der Waals surface area contributed by atoms with E-state index in [0.29, 0.717) is 12.1 Å². The van der Waals surface area contributed by atoms with E-state index >= 15 is 0 Å². The molecule has 1 amide bonds. The molecule has 2 aromatic carbocycles. The number of methoxy groups -OCH3 is 1. The smallest absolute Gasteiger partial charge is 0.254 e. The molecule has 4 rings (SSSR count). The fraction of sp³-hybridized carbons (Fsp3) is 0.353. The Morgan fingerprint density at radius 1 is 1.03 bits per heavy atom. The van der Waals surface area contributed by atoms with E-state index in [1.54, 1.807) is 14.0 Å². The molecule has 0 spiro atoms. The summed E-state index contributed by atoms with van der Waals surface area (Å²) in [5.74, 6) is 0.894. The van der Waals surface area contributed by atoms with Crippen LogP contribution in [0.2, 0.25) is 0 Å².